The summed E-state index contributed by atoms with van der Waals surface area (Å²) in [5.74, 6) is 0.0648. The van der Waals surface area contributed by atoms with Crippen molar-refractivity contribution in [2.45, 2.75) is 18.6 Å². The van der Waals surface area contributed by atoms with E-state index in [4.69, 9.17) is 5.73 Å². The Kier molecular flexibility index (Phi) is 4.72. The van der Waals surface area contributed by atoms with Crippen LogP contribution in [0.1, 0.15) is 22.6 Å². The summed E-state index contributed by atoms with van der Waals surface area (Å²) in [6, 6.07) is 8.95. The number of alkyl halides is 3. The van der Waals surface area contributed by atoms with Crippen LogP contribution in [-0.2, 0) is 16.5 Å². The highest BCUT2D eigenvalue weighted by atomic mass is 19.4. The third-order valence-electron chi connectivity index (χ3n) is 5.11. The average molecular weight is 426 g/mol. The summed E-state index contributed by atoms with van der Waals surface area (Å²) >= 11 is 0. The topological polar surface area (TPSA) is 97.4 Å². The number of aryl methyl sites for hydroxylation is 1. The van der Waals surface area contributed by atoms with E-state index in [2.05, 4.69) is 19.9 Å². The number of rotatable bonds is 3. The van der Waals surface area contributed by atoms with Crippen LogP contribution in [0.5, 0.6) is 0 Å². The molecule has 1 atom stereocenters. The largest absolute Gasteiger partial charge is 0.433 e. The molecular weight excluding hydrogens is 409 g/mol. The summed E-state index contributed by atoms with van der Waals surface area (Å²) < 4.78 is 39.0. The molecule has 3 heterocycles. The van der Waals surface area contributed by atoms with Crippen LogP contribution < -0.4 is 5.73 Å². The normalized spacial score (nSPS) is 18.9. The SMILES string of the molecule is Cc1ncc(-c2cccc(C3(c4ccc(C(F)(F)F)nc4)N=C(N)N(C)C3=O)c2)cn1. The zero-order valence-corrected chi connectivity index (χ0v) is 16.6. The number of aliphatic imine (C=N–C) groups is 1. The Morgan fingerprint density at radius 3 is 2.23 bits per heavy atom. The molecule has 3 aromatic rings. The van der Waals surface area contributed by atoms with Gasteiger partial charge in [-0.2, -0.15) is 13.2 Å². The molecular formula is C21H17F3N6O. The first kappa shape index (κ1) is 20.5. The van der Waals surface area contributed by atoms with Gasteiger partial charge in [0, 0.05) is 36.8 Å². The lowest BCUT2D eigenvalue weighted by atomic mass is 9.82. The maximum atomic E-state index is 13.3. The lowest BCUT2D eigenvalue weighted by molar-refractivity contribution is -0.141. The zero-order chi connectivity index (χ0) is 22.4. The minimum Gasteiger partial charge on any atom is -0.369 e. The van der Waals surface area contributed by atoms with Crippen molar-refractivity contribution in [1.29, 1.82) is 0 Å². The maximum Gasteiger partial charge on any atom is 0.433 e. The van der Waals surface area contributed by atoms with Crippen LogP contribution in [0.4, 0.5) is 13.2 Å². The minimum atomic E-state index is -4.60. The van der Waals surface area contributed by atoms with E-state index >= 15 is 0 Å². The number of aromatic nitrogens is 3. The molecule has 10 heteroatoms. The van der Waals surface area contributed by atoms with E-state index in [0.29, 0.717) is 22.5 Å². The molecule has 0 radical (unpaired) electrons. The van der Waals surface area contributed by atoms with E-state index in [1.165, 1.54) is 18.0 Å². The number of likely N-dealkylation sites (N-methyl/N-ethyl adjacent to an activating group) is 1. The number of halogens is 3. The minimum absolute atomic E-state index is 0.0472. The smallest absolute Gasteiger partial charge is 0.369 e. The van der Waals surface area contributed by atoms with Gasteiger partial charge in [0.1, 0.15) is 11.5 Å². The van der Waals surface area contributed by atoms with Gasteiger partial charge in [0.05, 0.1) is 0 Å². The summed E-state index contributed by atoms with van der Waals surface area (Å²) in [6.07, 6.45) is -0.295. The van der Waals surface area contributed by atoms with Crippen molar-refractivity contribution in [2.24, 2.45) is 10.7 Å². The first-order valence-electron chi connectivity index (χ1n) is 9.19. The Labute approximate surface area is 175 Å². The molecule has 0 saturated carbocycles. The lowest BCUT2D eigenvalue weighted by Crippen LogP contribution is -2.41. The number of carbonyl (C=O) groups is 1. The van der Waals surface area contributed by atoms with Gasteiger partial charge in [-0.3, -0.25) is 14.7 Å². The molecule has 1 amide bonds. The van der Waals surface area contributed by atoms with Gasteiger partial charge >= 0.3 is 6.18 Å². The van der Waals surface area contributed by atoms with Gasteiger partial charge in [0.25, 0.3) is 5.91 Å². The highest BCUT2D eigenvalue weighted by molar-refractivity contribution is 6.09. The second-order valence-electron chi connectivity index (χ2n) is 7.07. The number of benzene rings is 1. The van der Waals surface area contributed by atoms with E-state index in [-0.39, 0.29) is 11.5 Å². The van der Waals surface area contributed by atoms with E-state index < -0.39 is 23.3 Å². The molecule has 1 aromatic carbocycles. The van der Waals surface area contributed by atoms with Crippen molar-refractivity contribution < 1.29 is 18.0 Å². The molecule has 1 aliphatic rings. The predicted molar refractivity (Wildman–Crippen MR) is 107 cm³/mol. The summed E-state index contributed by atoms with van der Waals surface area (Å²) in [5.41, 5.74) is 5.24. The van der Waals surface area contributed by atoms with Gasteiger partial charge in [0.2, 0.25) is 0 Å². The Morgan fingerprint density at radius 2 is 1.68 bits per heavy atom. The predicted octanol–water partition coefficient (Wildman–Crippen LogP) is 2.90. The van der Waals surface area contributed by atoms with Crippen LogP contribution in [0.15, 0.2) is 60.0 Å². The summed E-state index contributed by atoms with van der Waals surface area (Å²) in [6.45, 7) is 1.76. The van der Waals surface area contributed by atoms with E-state index in [0.717, 1.165) is 12.3 Å². The molecule has 4 rings (SSSR count). The van der Waals surface area contributed by atoms with E-state index in [9.17, 15) is 18.0 Å². The molecule has 2 N–H and O–H groups in total. The van der Waals surface area contributed by atoms with Crippen LogP contribution in [0.2, 0.25) is 0 Å². The second-order valence-corrected chi connectivity index (χ2v) is 7.07. The number of nitrogens with zero attached hydrogens (tertiary/aromatic N) is 5. The monoisotopic (exact) mass is 426 g/mol. The van der Waals surface area contributed by atoms with Gasteiger partial charge in [-0.1, -0.05) is 24.3 Å². The highest BCUT2D eigenvalue weighted by Gasteiger charge is 2.50. The molecule has 31 heavy (non-hydrogen) atoms. The summed E-state index contributed by atoms with van der Waals surface area (Å²) in [5, 5.41) is 0. The standard InChI is InChI=1S/C21H17F3N6O/c1-12-26-9-14(10-27-12)13-4-3-5-15(8-13)20(18(31)30(2)19(25)29-20)16-6-7-17(28-11-16)21(22,23)24/h3-11H,1-2H3,(H2,25,29). The van der Waals surface area contributed by atoms with Crippen molar-refractivity contribution in [3.8, 4) is 11.1 Å². The van der Waals surface area contributed by atoms with Crippen molar-refractivity contribution >= 4 is 11.9 Å². The van der Waals surface area contributed by atoms with Gasteiger partial charge in [0.15, 0.2) is 11.5 Å². The molecule has 0 fully saturated rings. The Bertz CT molecular complexity index is 1170. The molecule has 0 bridgehead atoms. The van der Waals surface area contributed by atoms with Gasteiger partial charge in [-0.25, -0.2) is 15.0 Å². The molecule has 1 unspecified atom stereocenters. The molecule has 0 aliphatic carbocycles. The molecule has 2 aromatic heterocycles. The fourth-order valence-electron chi connectivity index (χ4n) is 3.43. The number of hydrogen-bond acceptors (Lipinski definition) is 6. The molecule has 7 nitrogen and oxygen atoms in total. The first-order valence-corrected chi connectivity index (χ1v) is 9.19. The Hall–Kier alpha value is -3.82. The fourth-order valence-corrected chi connectivity index (χ4v) is 3.43. The van der Waals surface area contributed by atoms with E-state index in [1.54, 1.807) is 37.5 Å². The van der Waals surface area contributed by atoms with Crippen molar-refractivity contribution in [3.05, 3.63) is 77.6 Å². The molecule has 158 valence electrons. The number of pyridine rings is 1. The Morgan fingerprint density at radius 1 is 0.968 bits per heavy atom. The highest BCUT2D eigenvalue weighted by Crippen LogP contribution is 2.41. The average Bonchev–Trinajstić information content (AvgIpc) is 2.99. The van der Waals surface area contributed by atoms with Crippen molar-refractivity contribution in [2.75, 3.05) is 7.05 Å². The van der Waals surface area contributed by atoms with Crippen molar-refractivity contribution in [1.82, 2.24) is 19.9 Å². The van der Waals surface area contributed by atoms with Gasteiger partial charge < -0.3 is 5.73 Å². The van der Waals surface area contributed by atoms with Crippen LogP contribution in [0.25, 0.3) is 11.1 Å². The third-order valence-corrected chi connectivity index (χ3v) is 5.11. The van der Waals surface area contributed by atoms with Crippen LogP contribution >= 0.6 is 0 Å². The molecule has 0 saturated heterocycles. The summed E-state index contributed by atoms with van der Waals surface area (Å²) in [4.78, 5) is 30.7. The number of carbonyl (C=O) groups excluding carboxylic acids is 1. The van der Waals surface area contributed by atoms with E-state index in [1.807, 2.05) is 6.07 Å². The third kappa shape index (κ3) is 3.39. The van der Waals surface area contributed by atoms with Crippen molar-refractivity contribution in [3.63, 3.8) is 0 Å². The first-order chi connectivity index (χ1) is 14.6. The fraction of sp³-hybridized carbons (Fsp3) is 0.190. The number of guanidine groups is 1. The zero-order valence-electron chi connectivity index (χ0n) is 16.6. The molecule has 1 aliphatic heterocycles. The van der Waals surface area contributed by atoms with Gasteiger partial charge in [-0.05, 0) is 30.2 Å². The lowest BCUT2D eigenvalue weighted by Gasteiger charge is -2.26. The second kappa shape index (κ2) is 7.15. The number of nitrogens with two attached hydrogens (primary N) is 1. The molecule has 0 spiro atoms. The van der Waals surface area contributed by atoms with Crippen LogP contribution in [0.3, 0.4) is 0 Å². The quantitative estimate of drug-likeness (QED) is 0.695. The maximum absolute atomic E-state index is 13.3. The number of hydrogen-bond donors (Lipinski definition) is 1. The number of amides is 1. The summed E-state index contributed by atoms with van der Waals surface area (Å²) in [7, 11) is 1.46. The van der Waals surface area contributed by atoms with Crippen LogP contribution in [-0.4, -0.2) is 38.8 Å². The Balaban J connectivity index is 1.89. The van der Waals surface area contributed by atoms with Crippen LogP contribution in [0, 0.1) is 6.92 Å². The van der Waals surface area contributed by atoms with Gasteiger partial charge in [-0.15, -0.1) is 0 Å².